The number of piperidine rings is 2. The van der Waals surface area contributed by atoms with Gasteiger partial charge < -0.3 is 9.64 Å². The maximum atomic E-state index is 13.3. The van der Waals surface area contributed by atoms with Gasteiger partial charge in [-0.3, -0.25) is 4.79 Å². The van der Waals surface area contributed by atoms with Gasteiger partial charge in [-0.2, -0.15) is 0 Å². The number of nitrogens with zero attached hydrogens (tertiary/aromatic N) is 1. The van der Waals surface area contributed by atoms with E-state index in [1.54, 1.807) is 0 Å². The van der Waals surface area contributed by atoms with Crippen LogP contribution in [0.15, 0.2) is 48.5 Å². The minimum Gasteiger partial charge on any atom is -0.448 e. The van der Waals surface area contributed by atoms with Crippen molar-refractivity contribution in [2.24, 2.45) is 11.8 Å². The summed E-state index contributed by atoms with van der Waals surface area (Å²) in [5.41, 5.74) is 4.98. The second-order valence-electron chi connectivity index (χ2n) is 10.5. The number of amides is 1. The van der Waals surface area contributed by atoms with Crippen LogP contribution in [0.4, 0.5) is 4.79 Å². The third-order valence-corrected chi connectivity index (χ3v) is 8.68. The minimum atomic E-state index is -0.182. The van der Waals surface area contributed by atoms with E-state index in [1.807, 2.05) is 4.90 Å². The number of ether oxygens (including phenoxy) is 1. The lowest BCUT2D eigenvalue weighted by Crippen LogP contribution is -2.56. The summed E-state index contributed by atoms with van der Waals surface area (Å²) in [5.74, 6) is 0.983. The molecule has 6 rings (SSSR count). The van der Waals surface area contributed by atoms with Crippen molar-refractivity contribution in [3.05, 3.63) is 59.7 Å². The summed E-state index contributed by atoms with van der Waals surface area (Å²) in [6.07, 6.45) is 9.15. The van der Waals surface area contributed by atoms with Crippen LogP contribution in [0.2, 0.25) is 0 Å². The van der Waals surface area contributed by atoms with Crippen LogP contribution in [0.1, 0.15) is 74.8 Å². The molecule has 1 saturated carbocycles. The van der Waals surface area contributed by atoms with Crippen molar-refractivity contribution in [1.29, 1.82) is 0 Å². The second-order valence-corrected chi connectivity index (χ2v) is 10.5. The van der Waals surface area contributed by atoms with E-state index in [2.05, 4.69) is 48.5 Å². The molecule has 33 heavy (non-hydrogen) atoms. The lowest BCUT2D eigenvalue weighted by Gasteiger charge is -2.48. The molecule has 0 radical (unpaired) electrons. The molecule has 0 N–H and O–H groups in total. The number of Topliss-reactive ketones (excluding diaryl/α,β-unsaturated/α-hetero) is 1. The molecule has 2 heterocycles. The minimum absolute atomic E-state index is 0.0858. The van der Waals surface area contributed by atoms with E-state index in [1.165, 1.54) is 35.1 Å². The molecule has 2 atom stereocenters. The maximum absolute atomic E-state index is 13.3. The van der Waals surface area contributed by atoms with Crippen molar-refractivity contribution < 1.29 is 14.3 Å². The first-order chi connectivity index (χ1) is 16.2. The lowest BCUT2D eigenvalue weighted by atomic mass is 9.74. The quantitative estimate of drug-likeness (QED) is 0.555. The average molecular weight is 444 g/mol. The Bertz CT molecular complexity index is 997. The monoisotopic (exact) mass is 443 g/mol. The molecule has 4 nitrogen and oxygen atoms in total. The SMILES string of the molecule is O=C(C1CCCC1)C1CC2CCCC(C1)N2C(=O)OCC1c2ccccc2-c2ccccc21. The Balaban J connectivity index is 1.15. The molecule has 0 aromatic heterocycles. The van der Waals surface area contributed by atoms with E-state index in [4.69, 9.17) is 4.74 Å². The fourth-order valence-corrected chi connectivity index (χ4v) is 7.12. The number of hydrogen-bond acceptors (Lipinski definition) is 3. The summed E-state index contributed by atoms with van der Waals surface area (Å²) in [4.78, 5) is 28.5. The molecule has 4 heteroatoms. The van der Waals surface area contributed by atoms with Crippen molar-refractivity contribution in [3.63, 3.8) is 0 Å². The Labute approximate surface area is 196 Å². The highest BCUT2D eigenvalue weighted by Gasteiger charge is 2.45. The summed E-state index contributed by atoms with van der Waals surface area (Å²) in [6, 6.07) is 17.2. The molecule has 2 aliphatic carbocycles. The van der Waals surface area contributed by atoms with Crippen LogP contribution >= 0.6 is 0 Å². The van der Waals surface area contributed by atoms with Gasteiger partial charge in [-0.25, -0.2) is 4.79 Å². The third-order valence-electron chi connectivity index (χ3n) is 8.68. The molecule has 2 aromatic rings. The van der Waals surface area contributed by atoms with Gasteiger partial charge in [0.05, 0.1) is 0 Å². The molecule has 4 aliphatic rings. The summed E-state index contributed by atoms with van der Waals surface area (Å²) < 4.78 is 6.01. The predicted molar refractivity (Wildman–Crippen MR) is 128 cm³/mol. The van der Waals surface area contributed by atoms with Gasteiger partial charge in [0.2, 0.25) is 0 Å². The zero-order valence-corrected chi connectivity index (χ0v) is 19.2. The van der Waals surface area contributed by atoms with E-state index in [9.17, 15) is 9.59 Å². The van der Waals surface area contributed by atoms with Gasteiger partial charge in [-0.05, 0) is 67.2 Å². The number of fused-ring (bicyclic) bond motifs is 5. The first kappa shape index (κ1) is 20.9. The highest BCUT2D eigenvalue weighted by atomic mass is 16.6. The number of benzene rings is 2. The van der Waals surface area contributed by atoms with Crippen LogP contribution in [0.5, 0.6) is 0 Å². The van der Waals surface area contributed by atoms with Crippen LogP contribution in [-0.2, 0) is 9.53 Å². The first-order valence-corrected chi connectivity index (χ1v) is 12.9. The van der Waals surface area contributed by atoms with E-state index < -0.39 is 0 Å². The molecule has 2 aliphatic heterocycles. The number of hydrogen-bond donors (Lipinski definition) is 0. The molecule has 2 aromatic carbocycles. The van der Waals surface area contributed by atoms with Crippen molar-refractivity contribution in [1.82, 2.24) is 4.90 Å². The summed E-state index contributed by atoms with van der Waals surface area (Å²) in [7, 11) is 0. The number of carbonyl (C=O) groups is 2. The molecule has 2 bridgehead atoms. The molecule has 0 spiro atoms. The Kier molecular flexibility index (Phi) is 5.48. The van der Waals surface area contributed by atoms with Gasteiger partial charge in [-0.1, -0.05) is 61.4 Å². The smallest absolute Gasteiger partial charge is 0.410 e. The zero-order chi connectivity index (χ0) is 22.4. The third kappa shape index (κ3) is 3.68. The van der Waals surface area contributed by atoms with E-state index >= 15 is 0 Å². The molecule has 3 fully saturated rings. The lowest BCUT2D eigenvalue weighted by molar-refractivity contribution is -0.130. The van der Waals surface area contributed by atoms with Gasteiger partial charge in [-0.15, -0.1) is 0 Å². The van der Waals surface area contributed by atoms with Gasteiger partial charge in [0.25, 0.3) is 0 Å². The molecular weight excluding hydrogens is 410 g/mol. The Morgan fingerprint density at radius 3 is 1.94 bits per heavy atom. The van der Waals surface area contributed by atoms with Crippen LogP contribution < -0.4 is 0 Å². The summed E-state index contributed by atoms with van der Waals surface area (Å²) >= 11 is 0. The first-order valence-electron chi connectivity index (χ1n) is 12.9. The summed E-state index contributed by atoms with van der Waals surface area (Å²) in [6.45, 7) is 0.368. The Hall–Kier alpha value is -2.62. The average Bonchev–Trinajstić information content (AvgIpc) is 3.48. The molecular formula is C29H33NO3. The van der Waals surface area contributed by atoms with E-state index in [-0.39, 0.29) is 35.9 Å². The van der Waals surface area contributed by atoms with E-state index in [0.29, 0.717) is 12.4 Å². The van der Waals surface area contributed by atoms with Crippen molar-refractivity contribution in [3.8, 4) is 11.1 Å². The van der Waals surface area contributed by atoms with Gasteiger partial charge in [0.15, 0.2) is 0 Å². The predicted octanol–water partition coefficient (Wildman–Crippen LogP) is 6.33. The molecule has 172 valence electrons. The van der Waals surface area contributed by atoms with Crippen LogP contribution in [0.25, 0.3) is 11.1 Å². The number of carbonyl (C=O) groups excluding carboxylic acids is 2. The standard InChI is InChI=1S/C29H33NO3/c31-28(19-8-1-2-9-19)20-16-21-10-7-11-22(17-20)30(21)29(32)33-18-27-25-14-5-3-12-23(25)24-13-4-6-15-26(24)27/h3-6,12-15,19-22,27H,1-2,7-11,16-18H2. The van der Waals surface area contributed by atoms with Crippen molar-refractivity contribution in [2.45, 2.75) is 75.8 Å². The molecule has 2 saturated heterocycles. The van der Waals surface area contributed by atoms with Gasteiger partial charge in [0.1, 0.15) is 12.4 Å². The van der Waals surface area contributed by atoms with Crippen LogP contribution in [-0.4, -0.2) is 35.5 Å². The molecule has 1 amide bonds. The zero-order valence-electron chi connectivity index (χ0n) is 19.2. The highest BCUT2D eigenvalue weighted by molar-refractivity contribution is 5.84. The van der Waals surface area contributed by atoms with Crippen molar-refractivity contribution >= 4 is 11.9 Å². The van der Waals surface area contributed by atoms with Gasteiger partial charge >= 0.3 is 6.09 Å². The Morgan fingerprint density at radius 1 is 0.758 bits per heavy atom. The number of ketones is 1. The second kappa shape index (κ2) is 8.62. The maximum Gasteiger partial charge on any atom is 0.410 e. The largest absolute Gasteiger partial charge is 0.448 e. The highest BCUT2D eigenvalue weighted by Crippen LogP contribution is 2.45. The summed E-state index contributed by atoms with van der Waals surface area (Å²) in [5, 5.41) is 0. The van der Waals surface area contributed by atoms with E-state index in [0.717, 1.165) is 44.9 Å². The topological polar surface area (TPSA) is 46.6 Å². The Morgan fingerprint density at radius 2 is 1.33 bits per heavy atom. The molecule has 2 unspecified atom stereocenters. The fraction of sp³-hybridized carbons (Fsp3) is 0.517. The van der Waals surface area contributed by atoms with Crippen molar-refractivity contribution in [2.75, 3.05) is 6.61 Å². The number of rotatable bonds is 4. The fourth-order valence-electron chi connectivity index (χ4n) is 7.12. The van der Waals surface area contributed by atoms with Crippen LogP contribution in [0, 0.1) is 11.8 Å². The normalized spacial score (nSPS) is 26.7. The van der Waals surface area contributed by atoms with Gasteiger partial charge in [0, 0.05) is 29.8 Å². The van der Waals surface area contributed by atoms with Crippen LogP contribution in [0.3, 0.4) is 0 Å².